The first kappa shape index (κ1) is 20.1. The lowest BCUT2D eigenvalue weighted by Gasteiger charge is -2.16. The zero-order valence-electron chi connectivity index (χ0n) is 13.7. The van der Waals surface area contributed by atoms with Crippen LogP contribution >= 0.6 is 0 Å². The summed E-state index contributed by atoms with van der Waals surface area (Å²) in [6.07, 6.45) is 1.61. The summed E-state index contributed by atoms with van der Waals surface area (Å²) >= 11 is 0. The minimum atomic E-state index is -3.08. The van der Waals surface area contributed by atoms with Crippen molar-refractivity contribution in [2.45, 2.75) is 26.7 Å². The molecule has 0 aliphatic heterocycles. The van der Waals surface area contributed by atoms with E-state index in [1.165, 1.54) is 4.31 Å². The molecule has 0 aromatic rings. The predicted molar refractivity (Wildman–Crippen MR) is 87.2 cm³/mol. The summed E-state index contributed by atoms with van der Waals surface area (Å²) in [5.41, 5.74) is 0. The van der Waals surface area contributed by atoms with Crippen molar-refractivity contribution in [2.24, 2.45) is 4.99 Å². The van der Waals surface area contributed by atoms with E-state index in [0.717, 1.165) is 25.3 Å². The van der Waals surface area contributed by atoms with Crippen LogP contribution < -0.4 is 10.6 Å². The van der Waals surface area contributed by atoms with E-state index >= 15 is 0 Å². The number of hydrogen-bond acceptors (Lipinski definition) is 4. The highest BCUT2D eigenvalue weighted by molar-refractivity contribution is 7.89. The normalized spacial score (nSPS) is 12.7. The van der Waals surface area contributed by atoms with Crippen LogP contribution in [0, 0.1) is 0 Å². The lowest BCUT2D eigenvalue weighted by atomic mass is 10.4. The second kappa shape index (κ2) is 11.8. The van der Waals surface area contributed by atoms with E-state index in [1.807, 2.05) is 6.92 Å². The fourth-order valence-electron chi connectivity index (χ4n) is 1.61. The standard InChI is InChI=1S/C13H30N4O3S/c1-5-14-13(16-10-8-12-20-4)15-9-7-11-17(3)21(18,19)6-2/h5-12H2,1-4H3,(H2,14,15,16). The van der Waals surface area contributed by atoms with Crippen LogP contribution in [0.5, 0.6) is 0 Å². The second-order valence-electron chi connectivity index (χ2n) is 4.61. The van der Waals surface area contributed by atoms with E-state index < -0.39 is 10.0 Å². The van der Waals surface area contributed by atoms with Gasteiger partial charge in [0, 0.05) is 46.9 Å². The monoisotopic (exact) mass is 322 g/mol. The van der Waals surface area contributed by atoms with Crippen molar-refractivity contribution in [3.8, 4) is 0 Å². The lowest BCUT2D eigenvalue weighted by molar-refractivity contribution is 0.197. The van der Waals surface area contributed by atoms with E-state index in [-0.39, 0.29) is 5.75 Å². The van der Waals surface area contributed by atoms with Gasteiger partial charge in [0.05, 0.1) is 5.75 Å². The van der Waals surface area contributed by atoms with Gasteiger partial charge in [-0.25, -0.2) is 12.7 Å². The highest BCUT2D eigenvalue weighted by Crippen LogP contribution is 1.98. The molecule has 0 aliphatic rings. The van der Waals surface area contributed by atoms with Crippen molar-refractivity contribution in [1.29, 1.82) is 0 Å². The maximum atomic E-state index is 11.6. The van der Waals surface area contributed by atoms with Crippen LogP contribution in [0.25, 0.3) is 0 Å². The first-order chi connectivity index (χ1) is 9.97. The Bertz CT molecular complexity index is 385. The Kier molecular flexibility index (Phi) is 11.3. The van der Waals surface area contributed by atoms with E-state index in [4.69, 9.17) is 4.74 Å². The van der Waals surface area contributed by atoms with Crippen molar-refractivity contribution < 1.29 is 13.2 Å². The zero-order chi connectivity index (χ0) is 16.1. The largest absolute Gasteiger partial charge is 0.385 e. The molecule has 0 radical (unpaired) electrons. The Balaban J connectivity index is 4.03. The molecule has 0 fully saturated rings. The summed E-state index contributed by atoms with van der Waals surface area (Å²) in [7, 11) is 0.205. The van der Waals surface area contributed by atoms with E-state index in [0.29, 0.717) is 26.2 Å². The molecule has 0 bridgehead atoms. The highest BCUT2D eigenvalue weighted by atomic mass is 32.2. The van der Waals surface area contributed by atoms with Crippen molar-refractivity contribution in [3.05, 3.63) is 0 Å². The van der Waals surface area contributed by atoms with E-state index in [9.17, 15) is 8.42 Å². The summed E-state index contributed by atoms with van der Waals surface area (Å²) in [6, 6.07) is 0. The molecule has 0 rings (SSSR count). The summed E-state index contributed by atoms with van der Waals surface area (Å²) in [6.45, 7) is 7.04. The Morgan fingerprint density at radius 2 is 1.95 bits per heavy atom. The van der Waals surface area contributed by atoms with Gasteiger partial charge >= 0.3 is 0 Å². The molecule has 0 aromatic heterocycles. The van der Waals surface area contributed by atoms with Crippen LogP contribution in [0.1, 0.15) is 26.7 Å². The number of sulfonamides is 1. The molecule has 2 N–H and O–H groups in total. The van der Waals surface area contributed by atoms with E-state index in [1.54, 1.807) is 21.1 Å². The molecular weight excluding hydrogens is 292 g/mol. The van der Waals surface area contributed by atoms with Crippen LogP contribution in [-0.2, 0) is 14.8 Å². The Hall–Kier alpha value is -0.860. The number of hydrogen-bond donors (Lipinski definition) is 2. The number of rotatable bonds is 11. The molecule has 0 heterocycles. The molecule has 0 aromatic carbocycles. The average molecular weight is 322 g/mol. The highest BCUT2D eigenvalue weighted by Gasteiger charge is 2.13. The molecule has 0 amide bonds. The third-order valence-corrected chi connectivity index (χ3v) is 4.76. The molecule has 0 atom stereocenters. The number of methoxy groups -OCH3 is 1. The number of nitrogens with one attached hydrogen (secondary N) is 2. The molecular formula is C13H30N4O3S. The van der Waals surface area contributed by atoms with Gasteiger partial charge in [0.2, 0.25) is 10.0 Å². The van der Waals surface area contributed by atoms with Gasteiger partial charge in [0.25, 0.3) is 0 Å². The van der Waals surface area contributed by atoms with Crippen molar-refractivity contribution >= 4 is 16.0 Å². The van der Waals surface area contributed by atoms with Crippen LogP contribution in [-0.4, -0.2) is 71.4 Å². The quantitative estimate of drug-likeness (QED) is 0.324. The molecule has 0 spiro atoms. The molecule has 0 saturated heterocycles. The first-order valence-corrected chi connectivity index (χ1v) is 9.04. The number of ether oxygens (including phenoxy) is 1. The molecule has 0 unspecified atom stereocenters. The van der Waals surface area contributed by atoms with Crippen molar-refractivity contribution in [3.63, 3.8) is 0 Å². The van der Waals surface area contributed by atoms with Gasteiger partial charge < -0.3 is 15.4 Å². The summed E-state index contributed by atoms with van der Waals surface area (Å²) < 4.78 is 29.6. The molecule has 8 heteroatoms. The smallest absolute Gasteiger partial charge is 0.213 e. The maximum Gasteiger partial charge on any atom is 0.213 e. The fraction of sp³-hybridized carbons (Fsp3) is 0.923. The third kappa shape index (κ3) is 9.65. The van der Waals surface area contributed by atoms with E-state index in [2.05, 4.69) is 15.6 Å². The second-order valence-corrected chi connectivity index (χ2v) is 6.97. The van der Waals surface area contributed by atoms with Gasteiger partial charge in [0.1, 0.15) is 0 Å². The van der Waals surface area contributed by atoms with Crippen LogP contribution in [0.2, 0.25) is 0 Å². The Morgan fingerprint density at radius 3 is 2.52 bits per heavy atom. The zero-order valence-corrected chi connectivity index (χ0v) is 14.5. The molecule has 0 saturated carbocycles. The lowest BCUT2D eigenvalue weighted by Crippen LogP contribution is -2.39. The Labute approximate surface area is 129 Å². The van der Waals surface area contributed by atoms with Gasteiger partial charge in [-0.05, 0) is 26.7 Å². The number of guanidine groups is 1. The van der Waals surface area contributed by atoms with Crippen LogP contribution in [0.3, 0.4) is 0 Å². The van der Waals surface area contributed by atoms with Gasteiger partial charge in [-0.1, -0.05) is 0 Å². The topological polar surface area (TPSA) is 83.0 Å². The van der Waals surface area contributed by atoms with Crippen LogP contribution in [0.4, 0.5) is 0 Å². The predicted octanol–water partition coefficient (Wildman–Crippen LogP) is 0.250. The fourth-order valence-corrected chi connectivity index (χ4v) is 2.46. The SMILES string of the molecule is CCNC(=NCCCOC)NCCCN(C)S(=O)(=O)CC. The Morgan fingerprint density at radius 1 is 1.24 bits per heavy atom. The van der Waals surface area contributed by atoms with Gasteiger partial charge in [-0.2, -0.15) is 0 Å². The van der Waals surface area contributed by atoms with Gasteiger partial charge in [-0.3, -0.25) is 4.99 Å². The molecule has 7 nitrogen and oxygen atoms in total. The summed E-state index contributed by atoms with van der Waals surface area (Å²) in [4.78, 5) is 4.42. The third-order valence-electron chi connectivity index (χ3n) is 2.90. The van der Waals surface area contributed by atoms with Crippen LogP contribution in [0.15, 0.2) is 4.99 Å². The number of nitrogens with zero attached hydrogens (tertiary/aromatic N) is 2. The van der Waals surface area contributed by atoms with Gasteiger partial charge in [-0.15, -0.1) is 0 Å². The first-order valence-electron chi connectivity index (χ1n) is 7.43. The molecule has 0 aliphatic carbocycles. The van der Waals surface area contributed by atoms with Crippen molar-refractivity contribution in [1.82, 2.24) is 14.9 Å². The van der Waals surface area contributed by atoms with Gasteiger partial charge in [0.15, 0.2) is 5.96 Å². The minimum Gasteiger partial charge on any atom is -0.385 e. The number of aliphatic imine (C=N–C) groups is 1. The summed E-state index contributed by atoms with van der Waals surface area (Å²) in [5.74, 6) is 0.898. The molecule has 126 valence electrons. The minimum absolute atomic E-state index is 0.139. The van der Waals surface area contributed by atoms with Crippen molar-refractivity contribution in [2.75, 3.05) is 52.7 Å². The summed E-state index contributed by atoms with van der Waals surface area (Å²) in [5, 5.41) is 6.35. The molecule has 21 heavy (non-hydrogen) atoms. The average Bonchev–Trinajstić information content (AvgIpc) is 2.47. The maximum absolute atomic E-state index is 11.6.